The predicted molar refractivity (Wildman–Crippen MR) is 180 cm³/mol. The molecule has 4 aromatic rings. The van der Waals surface area contributed by atoms with E-state index in [1.807, 2.05) is 9.80 Å². The number of nitrogens with one attached hydrogen (secondary N) is 4. The summed E-state index contributed by atoms with van der Waals surface area (Å²) in [6, 6.07) is 16.6. The molecule has 0 radical (unpaired) electrons. The molecule has 4 amide bonds. The van der Waals surface area contributed by atoms with Crippen LogP contribution in [0, 0.1) is 11.8 Å². The molecule has 2 aromatic heterocycles. The number of ether oxygens (including phenoxy) is 2. The average molecular weight is 679 g/mol. The van der Waals surface area contributed by atoms with E-state index in [4.69, 9.17) is 0 Å². The lowest BCUT2D eigenvalue weighted by molar-refractivity contribution is -0.133. The van der Waals surface area contributed by atoms with Gasteiger partial charge in [0.15, 0.2) is 0 Å². The Morgan fingerprint density at radius 2 is 1.02 bits per heavy atom. The predicted octanol–water partition coefficient (Wildman–Crippen LogP) is 4.17. The summed E-state index contributed by atoms with van der Waals surface area (Å²) in [5.41, 5.74) is 5.85. The molecule has 14 nitrogen and oxygen atoms in total. The van der Waals surface area contributed by atoms with Gasteiger partial charge >= 0.3 is 12.2 Å². The number of amides is 4. The Kier molecular flexibility index (Phi) is 8.00. The molecule has 50 heavy (non-hydrogen) atoms. The van der Waals surface area contributed by atoms with Gasteiger partial charge < -0.3 is 39.9 Å². The Morgan fingerprint density at radius 3 is 1.40 bits per heavy atom. The Labute approximate surface area is 287 Å². The van der Waals surface area contributed by atoms with Crippen LogP contribution in [0.2, 0.25) is 0 Å². The molecule has 2 saturated carbocycles. The molecule has 6 atom stereocenters. The summed E-state index contributed by atoms with van der Waals surface area (Å²) in [7, 11) is 2.55. The molecule has 4 N–H and O–H groups in total. The van der Waals surface area contributed by atoms with E-state index in [1.54, 1.807) is 12.4 Å². The summed E-state index contributed by atoms with van der Waals surface area (Å²) in [4.78, 5) is 68.8. The van der Waals surface area contributed by atoms with Gasteiger partial charge in [-0.25, -0.2) is 19.6 Å². The smallest absolute Gasteiger partial charge is 0.407 e. The van der Waals surface area contributed by atoms with Gasteiger partial charge in [0.2, 0.25) is 11.8 Å². The number of aromatic amines is 2. The summed E-state index contributed by atoms with van der Waals surface area (Å²) in [5, 5.41) is 4.99. The molecule has 0 unspecified atom stereocenters. The van der Waals surface area contributed by atoms with E-state index >= 15 is 0 Å². The van der Waals surface area contributed by atoms with Gasteiger partial charge in [-0.05, 0) is 59.8 Å². The number of carbonyl (C=O) groups is 4. The number of methoxy groups -OCH3 is 2. The van der Waals surface area contributed by atoms with Crippen molar-refractivity contribution >= 4 is 24.0 Å². The molecular formula is C36H38N8O6. The zero-order valence-corrected chi connectivity index (χ0v) is 27.7. The molecule has 2 saturated heterocycles. The third kappa shape index (κ3) is 5.94. The van der Waals surface area contributed by atoms with E-state index in [9.17, 15) is 19.2 Å². The minimum atomic E-state index is -0.625. The van der Waals surface area contributed by atoms with Gasteiger partial charge in [-0.15, -0.1) is 0 Å². The maximum Gasteiger partial charge on any atom is 0.407 e. The number of imidazole rings is 2. The molecule has 8 rings (SSSR count). The van der Waals surface area contributed by atoms with Gasteiger partial charge in [0.25, 0.3) is 0 Å². The van der Waals surface area contributed by atoms with Gasteiger partial charge in [0, 0.05) is 12.1 Å². The summed E-state index contributed by atoms with van der Waals surface area (Å²) in [6.07, 6.45) is 6.04. The Bertz CT molecular complexity index is 1800. The van der Waals surface area contributed by atoms with Crippen LogP contribution in [0.15, 0.2) is 60.9 Å². The largest absolute Gasteiger partial charge is 0.453 e. The number of nitrogens with zero attached hydrogens (tertiary/aromatic N) is 4. The Hall–Kier alpha value is -5.66. The van der Waals surface area contributed by atoms with E-state index in [0.717, 1.165) is 71.0 Å². The number of hydrogen-bond acceptors (Lipinski definition) is 8. The van der Waals surface area contributed by atoms with Gasteiger partial charge in [0.1, 0.15) is 24.7 Å². The maximum absolute atomic E-state index is 13.0. The van der Waals surface area contributed by atoms with E-state index < -0.39 is 12.2 Å². The van der Waals surface area contributed by atoms with Gasteiger partial charge in [-0.2, -0.15) is 0 Å². The number of fused-ring (bicyclic) bond motifs is 2. The summed E-state index contributed by atoms with van der Waals surface area (Å²) < 4.78 is 9.21. The SMILES string of the molecule is COC(=O)NCC(=O)N1[C@@H]2C[C@@H]2C[C@H]1c1ncc(-c2ccc(-c3ccc(-c4cnc([C@@H]5C[C@H]6C[C@H]6N5C(=O)CNC(=O)OC)[nH]4)cc3)cc2)[nH]1. The number of rotatable bonds is 9. The molecular weight excluding hydrogens is 640 g/mol. The number of aromatic nitrogens is 4. The highest BCUT2D eigenvalue weighted by molar-refractivity contribution is 5.84. The number of benzene rings is 2. The zero-order valence-electron chi connectivity index (χ0n) is 27.7. The van der Waals surface area contributed by atoms with E-state index in [0.29, 0.717) is 11.8 Å². The summed E-state index contributed by atoms with van der Waals surface area (Å²) in [5.74, 6) is 2.17. The van der Waals surface area contributed by atoms with Gasteiger partial charge in [-0.1, -0.05) is 48.5 Å². The van der Waals surface area contributed by atoms with Crippen molar-refractivity contribution in [2.45, 2.75) is 49.9 Å². The average Bonchev–Trinajstić information content (AvgIpc) is 3.73. The summed E-state index contributed by atoms with van der Waals surface area (Å²) >= 11 is 0. The van der Waals surface area contributed by atoms with Gasteiger partial charge in [-0.3, -0.25) is 9.59 Å². The van der Waals surface area contributed by atoms with Crippen LogP contribution in [0.4, 0.5) is 9.59 Å². The minimum absolute atomic E-state index is 0.105. The fourth-order valence-electron chi connectivity index (χ4n) is 7.73. The number of likely N-dealkylation sites (tertiary alicyclic amines) is 2. The first-order valence-corrected chi connectivity index (χ1v) is 16.9. The topological polar surface area (TPSA) is 175 Å². The Balaban J connectivity index is 0.912. The molecule has 0 spiro atoms. The third-order valence-corrected chi connectivity index (χ3v) is 10.5. The highest BCUT2D eigenvalue weighted by Crippen LogP contribution is 2.54. The first-order chi connectivity index (χ1) is 24.3. The second kappa shape index (κ2) is 12.7. The molecule has 2 aliphatic carbocycles. The highest BCUT2D eigenvalue weighted by Gasteiger charge is 2.56. The first kappa shape index (κ1) is 31.6. The summed E-state index contributed by atoms with van der Waals surface area (Å²) in [6.45, 7) is -0.209. The molecule has 4 fully saturated rings. The second-order valence-electron chi connectivity index (χ2n) is 13.4. The van der Waals surface area contributed by atoms with Crippen LogP contribution < -0.4 is 10.6 Å². The standard InChI is InChI=1S/C36H38N8O6/c1-49-35(47)39-17-31(45)43-27-11-23(27)13-29(43)33-37-15-25(41-33)21-7-3-19(4-8-21)20-5-9-22(10-6-20)26-16-38-34(42-26)30-14-24-12-28(24)44(30)32(46)18-40-36(48)50-2/h3-10,15-16,23-24,27-30H,11-14,17-18H2,1-2H3,(H,37,41)(H,38,42)(H,39,47)(H,40,48)/t23-,24-,27-,28-,29+,30+/m1/s1. The van der Waals surface area contributed by atoms with Crippen LogP contribution in [-0.2, 0) is 19.1 Å². The van der Waals surface area contributed by atoms with Crippen molar-refractivity contribution in [2.24, 2.45) is 11.8 Å². The van der Waals surface area contributed by atoms with E-state index in [2.05, 4.69) is 88.6 Å². The lowest BCUT2D eigenvalue weighted by atomic mass is 10.0. The second-order valence-corrected chi connectivity index (χ2v) is 13.4. The van der Waals surface area contributed by atoms with E-state index in [-0.39, 0.29) is 49.1 Å². The first-order valence-electron chi connectivity index (χ1n) is 16.9. The Morgan fingerprint density at radius 1 is 0.640 bits per heavy atom. The number of piperidine rings is 2. The lowest BCUT2D eigenvalue weighted by Crippen LogP contribution is -2.41. The van der Waals surface area contributed by atoms with Crippen molar-refractivity contribution in [1.29, 1.82) is 0 Å². The minimum Gasteiger partial charge on any atom is -0.453 e. The fraction of sp³-hybridized carbons (Fsp3) is 0.389. The van der Waals surface area contributed by atoms with E-state index in [1.165, 1.54) is 14.2 Å². The number of alkyl carbamates (subject to hydrolysis) is 2. The van der Waals surface area contributed by atoms with Crippen LogP contribution in [0.1, 0.15) is 49.4 Å². The van der Waals surface area contributed by atoms with Crippen LogP contribution in [-0.4, -0.2) is 93.1 Å². The van der Waals surface area contributed by atoms with Crippen LogP contribution >= 0.6 is 0 Å². The lowest BCUT2D eigenvalue weighted by Gasteiger charge is -2.26. The van der Waals surface area contributed by atoms with Crippen molar-refractivity contribution in [2.75, 3.05) is 27.3 Å². The van der Waals surface area contributed by atoms with Gasteiger partial charge in [0.05, 0.1) is 50.1 Å². The van der Waals surface area contributed by atoms with Crippen molar-refractivity contribution < 1.29 is 28.7 Å². The van der Waals surface area contributed by atoms with Crippen molar-refractivity contribution in [3.05, 3.63) is 72.6 Å². The van der Waals surface area contributed by atoms with Crippen molar-refractivity contribution in [3.63, 3.8) is 0 Å². The molecule has 2 aromatic carbocycles. The van der Waals surface area contributed by atoms with Crippen molar-refractivity contribution in [3.8, 4) is 33.6 Å². The molecule has 2 aliphatic heterocycles. The highest BCUT2D eigenvalue weighted by atomic mass is 16.5. The molecule has 4 heterocycles. The molecule has 0 bridgehead atoms. The molecule has 14 heteroatoms. The number of hydrogen-bond donors (Lipinski definition) is 4. The zero-order chi connectivity index (χ0) is 34.5. The number of H-pyrrole nitrogens is 2. The molecule has 4 aliphatic rings. The van der Waals surface area contributed by atoms with Crippen LogP contribution in [0.3, 0.4) is 0 Å². The fourth-order valence-corrected chi connectivity index (χ4v) is 7.73. The maximum atomic E-state index is 13.0. The third-order valence-electron chi connectivity index (χ3n) is 10.5. The van der Waals surface area contributed by atoms with Crippen molar-refractivity contribution in [1.82, 2.24) is 40.4 Å². The number of carbonyl (C=O) groups excluding carboxylic acids is 4. The molecule has 258 valence electrons. The monoisotopic (exact) mass is 678 g/mol. The van der Waals surface area contributed by atoms with Crippen LogP contribution in [0.5, 0.6) is 0 Å². The van der Waals surface area contributed by atoms with Crippen LogP contribution in [0.25, 0.3) is 33.6 Å². The normalized spacial score (nSPS) is 24.3. The quantitative estimate of drug-likeness (QED) is 0.204.